The summed E-state index contributed by atoms with van der Waals surface area (Å²) in [5.74, 6) is -0.681. The van der Waals surface area contributed by atoms with Gasteiger partial charge in [-0.25, -0.2) is 4.39 Å². The Balaban J connectivity index is 2.83. The van der Waals surface area contributed by atoms with E-state index >= 15 is 0 Å². The van der Waals surface area contributed by atoms with Crippen molar-refractivity contribution >= 4 is 11.6 Å². The van der Waals surface area contributed by atoms with Gasteiger partial charge in [-0.2, -0.15) is 13.2 Å². The predicted molar refractivity (Wildman–Crippen MR) is 49.0 cm³/mol. The zero-order chi connectivity index (χ0) is 11.6. The fourth-order valence-corrected chi connectivity index (χ4v) is 1.30. The molecule has 84 valence electrons. The van der Waals surface area contributed by atoms with Crippen molar-refractivity contribution in [2.24, 2.45) is 5.73 Å². The van der Waals surface area contributed by atoms with Crippen molar-refractivity contribution in [2.75, 3.05) is 0 Å². The average molecular weight is 242 g/mol. The van der Waals surface area contributed by atoms with Gasteiger partial charge in [0.05, 0.1) is 11.4 Å². The van der Waals surface area contributed by atoms with Crippen LogP contribution in [0.15, 0.2) is 18.2 Å². The van der Waals surface area contributed by atoms with E-state index in [1.165, 1.54) is 6.07 Å². The normalized spacial score (nSPS) is 14.0. The lowest BCUT2D eigenvalue weighted by atomic mass is 10.0. The highest BCUT2D eigenvalue weighted by Gasteiger charge is 2.31. The number of alkyl halides is 3. The van der Waals surface area contributed by atoms with Gasteiger partial charge >= 0.3 is 6.18 Å². The van der Waals surface area contributed by atoms with E-state index in [2.05, 4.69) is 0 Å². The van der Waals surface area contributed by atoms with Gasteiger partial charge in [0.25, 0.3) is 0 Å². The van der Waals surface area contributed by atoms with Crippen molar-refractivity contribution in [1.29, 1.82) is 0 Å². The predicted octanol–water partition coefficient (Wildman–Crippen LogP) is 3.43. The maximum atomic E-state index is 12.7. The monoisotopic (exact) mass is 241 g/mol. The summed E-state index contributed by atoms with van der Waals surface area (Å²) in [4.78, 5) is 0. The van der Waals surface area contributed by atoms with Gasteiger partial charge in [-0.15, -0.1) is 0 Å². The number of nitrogens with two attached hydrogens (primary N) is 1. The van der Waals surface area contributed by atoms with E-state index in [0.29, 0.717) is 0 Å². The first-order valence-corrected chi connectivity index (χ1v) is 4.44. The van der Waals surface area contributed by atoms with Gasteiger partial charge in [0.15, 0.2) is 0 Å². The highest BCUT2D eigenvalue weighted by molar-refractivity contribution is 6.30. The first-order valence-electron chi connectivity index (χ1n) is 4.07. The van der Waals surface area contributed by atoms with E-state index < -0.39 is 24.5 Å². The highest BCUT2D eigenvalue weighted by Crippen LogP contribution is 2.29. The number of benzene rings is 1. The van der Waals surface area contributed by atoms with E-state index in [-0.39, 0.29) is 10.6 Å². The molecule has 0 radical (unpaired) electrons. The Labute approximate surface area is 88.8 Å². The Morgan fingerprint density at radius 2 is 1.93 bits per heavy atom. The first-order chi connectivity index (χ1) is 6.79. The summed E-state index contributed by atoms with van der Waals surface area (Å²) in [6.45, 7) is 0. The second-order valence-corrected chi connectivity index (χ2v) is 3.51. The molecule has 0 spiro atoms. The van der Waals surface area contributed by atoms with Crippen LogP contribution in [0.3, 0.4) is 0 Å². The number of halogens is 5. The standard InChI is InChI=1S/C9H8ClF4N/c10-6-3-5(1-2-7(6)11)8(15)4-9(12,13)14/h1-3,8H,4,15H2/t8-/m1/s1. The molecular formula is C9H8ClF4N. The van der Waals surface area contributed by atoms with Crippen molar-refractivity contribution in [3.8, 4) is 0 Å². The molecule has 6 heteroatoms. The van der Waals surface area contributed by atoms with Crippen molar-refractivity contribution in [3.05, 3.63) is 34.6 Å². The van der Waals surface area contributed by atoms with Crippen LogP contribution in [-0.4, -0.2) is 6.18 Å². The quantitative estimate of drug-likeness (QED) is 0.789. The van der Waals surface area contributed by atoms with Crippen molar-refractivity contribution in [1.82, 2.24) is 0 Å². The van der Waals surface area contributed by atoms with Gasteiger partial charge in [-0.05, 0) is 17.7 Å². The van der Waals surface area contributed by atoms with E-state index in [9.17, 15) is 17.6 Å². The van der Waals surface area contributed by atoms with E-state index in [1.54, 1.807) is 0 Å². The Bertz CT molecular complexity index is 350. The van der Waals surface area contributed by atoms with Crippen LogP contribution < -0.4 is 5.73 Å². The van der Waals surface area contributed by atoms with Crippen molar-refractivity contribution in [3.63, 3.8) is 0 Å². The summed E-state index contributed by atoms with van der Waals surface area (Å²) >= 11 is 5.42. The zero-order valence-electron chi connectivity index (χ0n) is 7.48. The number of rotatable bonds is 2. The summed E-state index contributed by atoms with van der Waals surface area (Å²) in [6.07, 6.45) is -5.50. The molecule has 0 aliphatic carbocycles. The summed E-state index contributed by atoms with van der Waals surface area (Å²) in [5.41, 5.74) is 5.46. The van der Waals surface area contributed by atoms with E-state index in [0.717, 1.165) is 12.1 Å². The lowest BCUT2D eigenvalue weighted by Gasteiger charge is -2.14. The Kier molecular flexibility index (Phi) is 3.57. The molecule has 0 aromatic heterocycles. The molecule has 15 heavy (non-hydrogen) atoms. The second-order valence-electron chi connectivity index (χ2n) is 3.10. The molecule has 1 nitrogen and oxygen atoms in total. The Hall–Kier alpha value is -0.810. The highest BCUT2D eigenvalue weighted by atomic mass is 35.5. The third-order valence-corrected chi connectivity index (χ3v) is 2.11. The van der Waals surface area contributed by atoms with Gasteiger partial charge in [0, 0.05) is 6.04 Å². The molecule has 1 atom stereocenters. The summed E-state index contributed by atoms with van der Waals surface area (Å²) < 4.78 is 48.7. The molecule has 0 aliphatic heterocycles. The molecular weight excluding hydrogens is 234 g/mol. The van der Waals surface area contributed by atoms with Gasteiger partial charge in [-0.1, -0.05) is 17.7 Å². The molecule has 0 bridgehead atoms. The molecule has 0 fully saturated rings. The van der Waals surface area contributed by atoms with Crippen LogP contribution in [-0.2, 0) is 0 Å². The van der Waals surface area contributed by atoms with Crippen molar-refractivity contribution < 1.29 is 17.6 Å². The smallest absolute Gasteiger partial charge is 0.324 e. The second kappa shape index (κ2) is 4.37. The SMILES string of the molecule is N[C@H](CC(F)(F)F)c1ccc(F)c(Cl)c1. The average Bonchev–Trinajstić information content (AvgIpc) is 2.06. The lowest BCUT2D eigenvalue weighted by molar-refractivity contribution is -0.138. The molecule has 1 aromatic rings. The number of hydrogen-bond donors (Lipinski definition) is 1. The lowest BCUT2D eigenvalue weighted by Crippen LogP contribution is -2.20. The maximum Gasteiger partial charge on any atom is 0.390 e. The number of hydrogen-bond acceptors (Lipinski definition) is 1. The fourth-order valence-electron chi connectivity index (χ4n) is 1.11. The Morgan fingerprint density at radius 3 is 2.40 bits per heavy atom. The molecule has 0 saturated heterocycles. The fraction of sp³-hybridized carbons (Fsp3) is 0.333. The molecule has 2 N–H and O–H groups in total. The van der Waals surface area contributed by atoms with Crippen LogP contribution in [0.5, 0.6) is 0 Å². The van der Waals surface area contributed by atoms with E-state index in [1.807, 2.05) is 0 Å². The van der Waals surface area contributed by atoms with Gasteiger partial charge < -0.3 is 5.73 Å². The molecule has 1 rings (SSSR count). The summed E-state index contributed by atoms with van der Waals surface area (Å²) in [6, 6.07) is 2.07. The van der Waals surface area contributed by atoms with Gasteiger partial charge in [0.1, 0.15) is 5.82 Å². The zero-order valence-corrected chi connectivity index (χ0v) is 8.24. The first kappa shape index (κ1) is 12.3. The molecule has 0 amide bonds. The van der Waals surface area contributed by atoms with Crippen LogP contribution >= 0.6 is 11.6 Å². The Morgan fingerprint density at radius 1 is 1.33 bits per heavy atom. The van der Waals surface area contributed by atoms with Gasteiger partial charge in [0.2, 0.25) is 0 Å². The van der Waals surface area contributed by atoms with Crippen LogP contribution in [0.25, 0.3) is 0 Å². The topological polar surface area (TPSA) is 26.0 Å². The third kappa shape index (κ3) is 3.68. The minimum absolute atomic E-state index is 0.165. The van der Waals surface area contributed by atoms with Gasteiger partial charge in [-0.3, -0.25) is 0 Å². The summed E-state index contributed by atoms with van der Waals surface area (Å²) in [5, 5.41) is -0.231. The summed E-state index contributed by atoms with van der Waals surface area (Å²) in [7, 11) is 0. The van der Waals surface area contributed by atoms with Crippen LogP contribution in [0.1, 0.15) is 18.0 Å². The molecule has 0 aliphatic rings. The molecule has 0 heterocycles. The van der Waals surface area contributed by atoms with Crippen LogP contribution in [0.4, 0.5) is 17.6 Å². The molecule has 0 saturated carbocycles. The third-order valence-electron chi connectivity index (χ3n) is 1.82. The van der Waals surface area contributed by atoms with Crippen LogP contribution in [0, 0.1) is 5.82 Å². The van der Waals surface area contributed by atoms with Crippen molar-refractivity contribution in [2.45, 2.75) is 18.6 Å². The maximum absolute atomic E-state index is 12.7. The largest absolute Gasteiger partial charge is 0.390 e. The molecule has 0 unspecified atom stereocenters. The van der Waals surface area contributed by atoms with E-state index in [4.69, 9.17) is 17.3 Å². The minimum atomic E-state index is -4.35. The minimum Gasteiger partial charge on any atom is -0.324 e. The molecule has 1 aromatic carbocycles. The van der Waals surface area contributed by atoms with Crippen LogP contribution in [0.2, 0.25) is 5.02 Å².